The molecule has 4 atom stereocenters. The van der Waals surface area contributed by atoms with Gasteiger partial charge in [-0.05, 0) is 0 Å². The van der Waals surface area contributed by atoms with Gasteiger partial charge in [0, 0.05) is 0 Å². The minimum absolute atomic E-state index is 0.907. The highest BCUT2D eigenvalue weighted by molar-refractivity contribution is 4.84. The van der Waals surface area contributed by atoms with Crippen LogP contribution >= 0.6 is 0 Å². The van der Waals surface area contributed by atoms with Crippen LogP contribution in [0.5, 0.6) is 0 Å². The van der Waals surface area contributed by atoms with E-state index in [9.17, 15) is 4.39 Å². The Kier molecular flexibility index (Phi) is 2.20. The second-order valence-corrected chi connectivity index (χ2v) is 2.20. The lowest BCUT2D eigenvalue weighted by Crippen LogP contribution is -2.33. The molecule has 1 heterocycles. The number of ether oxygens (including phenoxy) is 1. The maximum absolute atomic E-state index is 11.8. The number of alkyl halides is 1. The quantitative estimate of drug-likeness (QED) is 0.423. The molecule has 10 heavy (non-hydrogen) atoms. The second-order valence-electron chi connectivity index (χ2n) is 2.20. The van der Waals surface area contributed by atoms with Crippen molar-refractivity contribution in [2.24, 2.45) is 0 Å². The maximum atomic E-state index is 11.8. The van der Waals surface area contributed by atoms with Crippen LogP contribution in [-0.4, -0.2) is 46.6 Å². The van der Waals surface area contributed by atoms with Crippen molar-refractivity contribution in [2.45, 2.75) is 24.6 Å². The molecule has 0 aromatic heterocycles. The molecule has 5 heteroatoms. The number of aliphatic hydroxyl groups excluding tert-OH is 3. The summed E-state index contributed by atoms with van der Waals surface area (Å²) in [6.45, 7) is -0.907. The van der Waals surface area contributed by atoms with Crippen LogP contribution in [0.2, 0.25) is 0 Å². The Morgan fingerprint density at radius 1 is 1.20 bits per heavy atom. The van der Waals surface area contributed by atoms with Crippen molar-refractivity contribution in [3.05, 3.63) is 0 Å². The van der Waals surface area contributed by atoms with E-state index in [1.54, 1.807) is 0 Å². The fourth-order valence-corrected chi connectivity index (χ4v) is 0.856. The molecule has 0 amide bonds. The predicted octanol–water partition coefficient (Wildman–Crippen LogP) is -1.61. The Labute approximate surface area is 56.9 Å². The van der Waals surface area contributed by atoms with Gasteiger partial charge in [-0.25, -0.2) is 4.39 Å². The van der Waals surface area contributed by atoms with Gasteiger partial charge in [-0.1, -0.05) is 0 Å². The van der Waals surface area contributed by atoms with E-state index >= 15 is 0 Å². The fraction of sp³-hybridized carbons (Fsp3) is 1.00. The average Bonchev–Trinajstić information content (AvgIpc) is 2.17. The summed E-state index contributed by atoms with van der Waals surface area (Å²) in [7, 11) is 0. The van der Waals surface area contributed by atoms with E-state index in [2.05, 4.69) is 4.74 Å². The first kappa shape index (κ1) is 7.87. The van der Waals surface area contributed by atoms with Gasteiger partial charge in [-0.3, -0.25) is 0 Å². The standard InChI is InChI=1S/C5H9FO4/c6-1-2-3(7)4(8)5(9)10-2/h2-5,7-9H,1H2. The summed E-state index contributed by atoms with van der Waals surface area (Å²) >= 11 is 0. The topological polar surface area (TPSA) is 69.9 Å². The van der Waals surface area contributed by atoms with Gasteiger partial charge in [0.05, 0.1) is 0 Å². The molecule has 0 radical (unpaired) electrons. The Bertz CT molecular complexity index is 120. The first-order valence-electron chi connectivity index (χ1n) is 2.92. The van der Waals surface area contributed by atoms with Crippen molar-refractivity contribution in [1.82, 2.24) is 0 Å². The van der Waals surface area contributed by atoms with Crippen LogP contribution in [0.4, 0.5) is 4.39 Å². The molecule has 0 aromatic carbocycles. The highest BCUT2D eigenvalue weighted by atomic mass is 19.1. The molecule has 1 saturated heterocycles. The highest BCUT2D eigenvalue weighted by Gasteiger charge is 2.41. The minimum Gasteiger partial charge on any atom is -0.387 e. The van der Waals surface area contributed by atoms with E-state index in [0.717, 1.165) is 0 Å². The molecule has 3 N–H and O–H groups in total. The normalized spacial score (nSPS) is 48.0. The van der Waals surface area contributed by atoms with E-state index in [1.807, 2.05) is 0 Å². The number of hydrogen-bond donors (Lipinski definition) is 3. The maximum Gasteiger partial charge on any atom is 0.184 e. The summed E-state index contributed by atoms with van der Waals surface area (Å²) < 4.78 is 16.2. The van der Waals surface area contributed by atoms with E-state index in [1.165, 1.54) is 0 Å². The minimum atomic E-state index is -1.46. The van der Waals surface area contributed by atoms with Crippen LogP contribution in [0.1, 0.15) is 0 Å². The summed E-state index contributed by atoms with van der Waals surface area (Å²) in [5.74, 6) is 0. The van der Waals surface area contributed by atoms with Crippen molar-refractivity contribution >= 4 is 0 Å². The molecule has 1 aliphatic heterocycles. The zero-order chi connectivity index (χ0) is 7.72. The molecule has 0 saturated carbocycles. The Balaban J connectivity index is 2.53. The summed E-state index contributed by atoms with van der Waals surface area (Å²) in [5, 5.41) is 26.3. The molecule has 0 aromatic rings. The zero-order valence-corrected chi connectivity index (χ0v) is 5.14. The molecular formula is C5H9FO4. The van der Waals surface area contributed by atoms with Gasteiger partial charge in [-0.15, -0.1) is 0 Å². The average molecular weight is 152 g/mol. The van der Waals surface area contributed by atoms with Crippen LogP contribution in [0.15, 0.2) is 0 Å². The van der Waals surface area contributed by atoms with Gasteiger partial charge in [0.2, 0.25) is 0 Å². The SMILES string of the molecule is OC1OC(CF)C(O)C1O. The second kappa shape index (κ2) is 2.79. The third kappa shape index (κ3) is 1.13. The Morgan fingerprint density at radius 2 is 1.80 bits per heavy atom. The van der Waals surface area contributed by atoms with Crippen molar-refractivity contribution in [1.29, 1.82) is 0 Å². The van der Waals surface area contributed by atoms with E-state index in [4.69, 9.17) is 15.3 Å². The van der Waals surface area contributed by atoms with Gasteiger partial charge < -0.3 is 20.1 Å². The van der Waals surface area contributed by atoms with Crippen molar-refractivity contribution in [3.63, 3.8) is 0 Å². The van der Waals surface area contributed by atoms with E-state index < -0.39 is 31.3 Å². The lowest BCUT2D eigenvalue weighted by molar-refractivity contribution is -0.129. The van der Waals surface area contributed by atoms with Gasteiger partial charge >= 0.3 is 0 Å². The van der Waals surface area contributed by atoms with Crippen molar-refractivity contribution in [3.8, 4) is 0 Å². The predicted molar refractivity (Wildman–Crippen MR) is 28.9 cm³/mol. The zero-order valence-electron chi connectivity index (χ0n) is 5.14. The number of aliphatic hydroxyl groups is 3. The first-order valence-corrected chi connectivity index (χ1v) is 2.92. The molecule has 0 aliphatic carbocycles. The Hall–Kier alpha value is -0.230. The first-order chi connectivity index (χ1) is 4.66. The highest BCUT2D eigenvalue weighted by Crippen LogP contribution is 2.19. The van der Waals surface area contributed by atoms with Crippen LogP contribution in [-0.2, 0) is 4.74 Å². The molecular weight excluding hydrogens is 143 g/mol. The third-order valence-corrected chi connectivity index (χ3v) is 1.49. The smallest absolute Gasteiger partial charge is 0.184 e. The fourth-order valence-electron chi connectivity index (χ4n) is 0.856. The van der Waals surface area contributed by atoms with Crippen LogP contribution in [0, 0.1) is 0 Å². The van der Waals surface area contributed by atoms with Gasteiger partial charge in [0.1, 0.15) is 25.0 Å². The van der Waals surface area contributed by atoms with Gasteiger partial charge in [-0.2, -0.15) is 0 Å². The molecule has 0 spiro atoms. The molecule has 60 valence electrons. The number of halogens is 1. The summed E-state index contributed by atoms with van der Waals surface area (Å²) in [6.07, 6.45) is -5.26. The monoisotopic (exact) mass is 152 g/mol. The third-order valence-electron chi connectivity index (χ3n) is 1.49. The number of hydrogen-bond acceptors (Lipinski definition) is 4. The van der Waals surface area contributed by atoms with E-state index in [0.29, 0.717) is 0 Å². The van der Waals surface area contributed by atoms with Crippen LogP contribution in [0.25, 0.3) is 0 Å². The van der Waals surface area contributed by atoms with Crippen LogP contribution in [0.3, 0.4) is 0 Å². The Morgan fingerprint density at radius 3 is 2.00 bits per heavy atom. The largest absolute Gasteiger partial charge is 0.387 e. The van der Waals surface area contributed by atoms with Crippen molar-refractivity contribution in [2.75, 3.05) is 6.67 Å². The summed E-state index contributed by atoms with van der Waals surface area (Å²) in [4.78, 5) is 0. The molecule has 4 nitrogen and oxygen atoms in total. The number of rotatable bonds is 1. The molecule has 4 unspecified atom stereocenters. The lowest BCUT2D eigenvalue weighted by atomic mass is 10.1. The van der Waals surface area contributed by atoms with E-state index in [-0.39, 0.29) is 0 Å². The molecule has 1 aliphatic rings. The van der Waals surface area contributed by atoms with Crippen molar-refractivity contribution < 1.29 is 24.4 Å². The van der Waals surface area contributed by atoms with Gasteiger partial charge in [0.25, 0.3) is 0 Å². The summed E-state index contributed by atoms with van der Waals surface area (Å²) in [6, 6.07) is 0. The summed E-state index contributed by atoms with van der Waals surface area (Å²) in [5.41, 5.74) is 0. The van der Waals surface area contributed by atoms with Gasteiger partial charge in [0.15, 0.2) is 6.29 Å². The lowest BCUT2D eigenvalue weighted by Gasteiger charge is -2.08. The molecule has 1 fully saturated rings. The molecule has 0 bridgehead atoms. The van der Waals surface area contributed by atoms with Crippen LogP contribution < -0.4 is 0 Å². The molecule has 1 rings (SSSR count).